The maximum atomic E-state index is 6.47. The molecule has 18 heavy (non-hydrogen) atoms. The molecule has 3 unspecified atom stereocenters. The number of ether oxygens (including phenoxy) is 1. The van der Waals surface area contributed by atoms with Crippen molar-refractivity contribution < 1.29 is 4.74 Å². The Morgan fingerprint density at radius 3 is 3.06 bits per heavy atom. The van der Waals surface area contributed by atoms with Crippen LogP contribution in [-0.2, 0) is 0 Å². The fourth-order valence-corrected chi connectivity index (χ4v) is 3.41. The van der Waals surface area contributed by atoms with Gasteiger partial charge in [-0.05, 0) is 31.9 Å². The zero-order valence-corrected chi connectivity index (χ0v) is 11.0. The average molecular weight is 246 g/mol. The van der Waals surface area contributed by atoms with Gasteiger partial charge in [0.15, 0.2) is 0 Å². The Labute approximate surface area is 109 Å². The van der Waals surface area contributed by atoms with Crippen molar-refractivity contribution in [3.05, 3.63) is 29.8 Å². The second kappa shape index (κ2) is 4.90. The second-order valence-corrected chi connectivity index (χ2v) is 5.38. The van der Waals surface area contributed by atoms with Crippen molar-refractivity contribution in [3.8, 4) is 5.75 Å². The highest BCUT2D eigenvalue weighted by Crippen LogP contribution is 2.35. The Balaban J connectivity index is 1.84. The van der Waals surface area contributed by atoms with Crippen molar-refractivity contribution in [2.24, 2.45) is 5.73 Å². The Kier molecular flexibility index (Phi) is 3.27. The van der Waals surface area contributed by atoms with Gasteiger partial charge < -0.3 is 10.5 Å². The molecular weight excluding hydrogens is 224 g/mol. The normalized spacial score (nSPS) is 32.0. The highest BCUT2D eigenvalue weighted by atomic mass is 16.5. The first kappa shape index (κ1) is 12.0. The molecule has 2 N–H and O–H groups in total. The van der Waals surface area contributed by atoms with Crippen LogP contribution in [0.15, 0.2) is 24.3 Å². The van der Waals surface area contributed by atoms with Crippen molar-refractivity contribution >= 4 is 0 Å². The van der Waals surface area contributed by atoms with Gasteiger partial charge in [-0.25, -0.2) is 0 Å². The molecule has 3 heteroatoms. The molecule has 2 heterocycles. The SMILES string of the molecule is CCC1CCCN1C1COc2ccccc2C1N. The molecule has 2 aliphatic rings. The lowest BCUT2D eigenvalue weighted by atomic mass is 9.95. The van der Waals surface area contributed by atoms with Gasteiger partial charge in [0.05, 0.1) is 12.1 Å². The smallest absolute Gasteiger partial charge is 0.124 e. The monoisotopic (exact) mass is 246 g/mol. The van der Waals surface area contributed by atoms with Gasteiger partial charge in [0.25, 0.3) is 0 Å². The summed E-state index contributed by atoms with van der Waals surface area (Å²) in [6, 6.07) is 9.29. The van der Waals surface area contributed by atoms with Crippen molar-refractivity contribution in [2.45, 2.75) is 44.3 Å². The van der Waals surface area contributed by atoms with E-state index in [1.54, 1.807) is 0 Å². The molecule has 1 aromatic carbocycles. The molecule has 3 rings (SSSR count). The largest absolute Gasteiger partial charge is 0.492 e. The average Bonchev–Trinajstić information content (AvgIpc) is 2.88. The number of para-hydroxylation sites is 1. The highest BCUT2D eigenvalue weighted by Gasteiger charge is 2.37. The van der Waals surface area contributed by atoms with Crippen molar-refractivity contribution in [3.63, 3.8) is 0 Å². The van der Waals surface area contributed by atoms with Crippen LogP contribution >= 0.6 is 0 Å². The molecule has 3 atom stereocenters. The molecule has 1 saturated heterocycles. The molecule has 0 bridgehead atoms. The van der Waals surface area contributed by atoms with Crippen LogP contribution in [0.2, 0.25) is 0 Å². The lowest BCUT2D eigenvalue weighted by Crippen LogP contribution is -2.50. The summed E-state index contributed by atoms with van der Waals surface area (Å²) in [7, 11) is 0. The number of likely N-dealkylation sites (tertiary alicyclic amines) is 1. The summed E-state index contributed by atoms with van der Waals surface area (Å²) in [6.07, 6.45) is 3.82. The summed E-state index contributed by atoms with van der Waals surface area (Å²) >= 11 is 0. The van der Waals surface area contributed by atoms with Crippen LogP contribution in [-0.4, -0.2) is 30.1 Å². The maximum absolute atomic E-state index is 6.47. The maximum Gasteiger partial charge on any atom is 0.124 e. The van der Waals surface area contributed by atoms with Crippen molar-refractivity contribution in [1.82, 2.24) is 4.90 Å². The molecule has 0 aliphatic carbocycles. The van der Waals surface area contributed by atoms with E-state index in [4.69, 9.17) is 10.5 Å². The number of fused-ring (bicyclic) bond motifs is 1. The van der Waals surface area contributed by atoms with E-state index in [9.17, 15) is 0 Å². The molecule has 1 fully saturated rings. The fourth-order valence-electron chi connectivity index (χ4n) is 3.41. The molecule has 0 aromatic heterocycles. The number of benzene rings is 1. The topological polar surface area (TPSA) is 38.5 Å². The van der Waals surface area contributed by atoms with E-state index in [1.807, 2.05) is 18.2 Å². The first-order valence-corrected chi connectivity index (χ1v) is 7.04. The Bertz CT molecular complexity index is 421. The summed E-state index contributed by atoms with van der Waals surface area (Å²) in [5.74, 6) is 0.966. The Hall–Kier alpha value is -1.06. The van der Waals surface area contributed by atoms with Crippen LogP contribution in [0.4, 0.5) is 0 Å². The number of nitrogens with zero attached hydrogens (tertiary/aromatic N) is 1. The molecule has 0 radical (unpaired) electrons. The summed E-state index contributed by atoms with van der Waals surface area (Å²) < 4.78 is 5.89. The number of rotatable bonds is 2. The molecule has 0 spiro atoms. The van der Waals surface area contributed by atoms with E-state index in [0.717, 1.165) is 17.9 Å². The minimum atomic E-state index is 0.0853. The van der Waals surface area contributed by atoms with E-state index < -0.39 is 0 Å². The highest BCUT2D eigenvalue weighted by molar-refractivity contribution is 5.38. The van der Waals surface area contributed by atoms with Crippen molar-refractivity contribution in [1.29, 1.82) is 0 Å². The van der Waals surface area contributed by atoms with Gasteiger partial charge in [0.2, 0.25) is 0 Å². The first-order chi connectivity index (χ1) is 8.81. The van der Waals surface area contributed by atoms with E-state index in [0.29, 0.717) is 12.1 Å². The molecule has 0 saturated carbocycles. The third-order valence-corrected chi connectivity index (χ3v) is 4.42. The van der Waals surface area contributed by atoms with Crippen LogP contribution in [0.3, 0.4) is 0 Å². The van der Waals surface area contributed by atoms with E-state index in [1.165, 1.54) is 25.8 Å². The summed E-state index contributed by atoms with van der Waals surface area (Å²) in [4.78, 5) is 2.57. The fraction of sp³-hybridized carbons (Fsp3) is 0.600. The quantitative estimate of drug-likeness (QED) is 0.870. The van der Waals surface area contributed by atoms with E-state index in [2.05, 4.69) is 17.9 Å². The van der Waals surface area contributed by atoms with E-state index >= 15 is 0 Å². The molecule has 1 aromatic rings. The standard InChI is InChI=1S/C15H22N2O/c1-2-11-6-5-9-17(11)13-10-18-14-8-4-3-7-12(14)15(13)16/h3-4,7-8,11,13,15H,2,5-6,9-10,16H2,1H3. The van der Waals surface area contributed by atoms with Crippen LogP contribution in [0.1, 0.15) is 37.8 Å². The molecule has 2 aliphatic heterocycles. The molecular formula is C15H22N2O. The van der Waals surface area contributed by atoms with Crippen LogP contribution in [0.5, 0.6) is 5.75 Å². The predicted molar refractivity (Wildman–Crippen MR) is 72.7 cm³/mol. The molecule has 0 amide bonds. The zero-order chi connectivity index (χ0) is 12.5. The molecule has 98 valence electrons. The van der Waals surface area contributed by atoms with Crippen LogP contribution in [0, 0.1) is 0 Å². The van der Waals surface area contributed by atoms with Crippen molar-refractivity contribution in [2.75, 3.05) is 13.2 Å². The lowest BCUT2D eigenvalue weighted by Gasteiger charge is -2.39. The van der Waals surface area contributed by atoms with Crippen LogP contribution < -0.4 is 10.5 Å². The predicted octanol–water partition coefficient (Wildman–Crippen LogP) is 2.32. The minimum Gasteiger partial charge on any atom is -0.492 e. The Morgan fingerprint density at radius 2 is 2.22 bits per heavy atom. The number of nitrogens with two attached hydrogens (primary N) is 1. The van der Waals surface area contributed by atoms with E-state index in [-0.39, 0.29) is 6.04 Å². The first-order valence-electron chi connectivity index (χ1n) is 7.04. The van der Waals surface area contributed by atoms with Gasteiger partial charge in [0.1, 0.15) is 12.4 Å². The summed E-state index contributed by atoms with van der Waals surface area (Å²) in [6.45, 7) is 4.17. The van der Waals surface area contributed by atoms with Gasteiger partial charge in [-0.3, -0.25) is 4.90 Å². The summed E-state index contributed by atoms with van der Waals surface area (Å²) in [5.41, 5.74) is 7.63. The third-order valence-electron chi connectivity index (χ3n) is 4.42. The minimum absolute atomic E-state index is 0.0853. The van der Waals surface area contributed by atoms with Gasteiger partial charge in [-0.1, -0.05) is 25.1 Å². The second-order valence-electron chi connectivity index (χ2n) is 5.38. The van der Waals surface area contributed by atoms with Gasteiger partial charge in [-0.2, -0.15) is 0 Å². The van der Waals surface area contributed by atoms with Crippen LogP contribution in [0.25, 0.3) is 0 Å². The zero-order valence-electron chi connectivity index (χ0n) is 11.0. The number of hydrogen-bond donors (Lipinski definition) is 1. The van der Waals surface area contributed by atoms with Gasteiger partial charge in [-0.15, -0.1) is 0 Å². The molecule has 3 nitrogen and oxygen atoms in total. The lowest BCUT2D eigenvalue weighted by molar-refractivity contribution is 0.0861. The Morgan fingerprint density at radius 1 is 1.39 bits per heavy atom. The number of hydrogen-bond acceptors (Lipinski definition) is 3. The van der Waals surface area contributed by atoms with Gasteiger partial charge >= 0.3 is 0 Å². The summed E-state index contributed by atoms with van der Waals surface area (Å²) in [5, 5.41) is 0. The van der Waals surface area contributed by atoms with Gasteiger partial charge in [0, 0.05) is 11.6 Å². The third kappa shape index (κ3) is 1.91.